The summed E-state index contributed by atoms with van der Waals surface area (Å²) in [4.78, 5) is 25.9. The molecule has 192 valence electrons. The van der Waals surface area contributed by atoms with Gasteiger partial charge in [-0.25, -0.2) is 9.97 Å². The van der Waals surface area contributed by atoms with Crippen molar-refractivity contribution in [3.05, 3.63) is 28.5 Å². The molecule has 35 heavy (non-hydrogen) atoms. The number of alkyl halides is 3. The summed E-state index contributed by atoms with van der Waals surface area (Å²) < 4.78 is 42.6. The molecular formula is C24H32F3N5O2S. The Hall–Kier alpha value is -2.24. The van der Waals surface area contributed by atoms with Gasteiger partial charge in [0.25, 0.3) is 5.91 Å². The lowest BCUT2D eigenvalue weighted by atomic mass is 10.1. The molecule has 0 spiro atoms. The predicted molar refractivity (Wildman–Crippen MR) is 129 cm³/mol. The number of β-amino-alcohol motifs (C(OH)–C–C–N with tert-alkyl or cyclic N) is 1. The Kier molecular flexibility index (Phi) is 7.14. The van der Waals surface area contributed by atoms with Crippen molar-refractivity contribution in [2.24, 2.45) is 0 Å². The maximum absolute atomic E-state index is 14.2. The zero-order valence-electron chi connectivity index (χ0n) is 20.4. The number of nitrogens with one attached hydrogen (secondary N) is 1. The number of aliphatic hydroxyl groups is 1. The van der Waals surface area contributed by atoms with Crippen molar-refractivity contribution >= 4 is 23.1 Å². The van der Waals surface area contributed by atoms with Crippen LogP contribution in [0.2, 0.25) is 0 Å². The molecule has 1 amide bonds. The van der Waals surface area contributed by atoms with E-state index in [1.54, 1.807) is 0 Å². The van der Waals surface area contributed by atoms with E-state index in [1.807, 2.05) is 20.8 Å². The van der Waals surface area contributed by atoms with Crippen molar-refractivity contribution < 1.29 is 23.1 Å². The number of thiazole rings is 1. The number of aliphatic hydroxyl groups excluding tert-OH is 1. The molecule has 2 fully saturated rings. The van der Waals surface area contributed by atoms with Gasteiger partial charge in [-0.2, -0.15) is 13.2 Å². The van der Waals surface area contributed by atoms with Crippen LogP contribution in [0.15, 0.2) is 12.3 Å². The number of carbonyl (C=O) groups excluding carboxylic acids is 1. The number of aromatic nitrogens is 2. The minimum Gasteiger partial charge on any atom is -0.391 e. The summed E-state index contributed by atoms with van der Waals surface area (Å²) >= 11 is 0.972. The lowest BCUT2D eigenvalue weighted by Crippen LogP contribution is -2.29. The van der Waals surface area contributed by atoms with Gasteiger partial charge < -0.3 is 15.3 Å². The zero-order chi connectivity index (χ0) is 25.5. The highest BCUT2D eigenvalue weighted by Gasteiger charge is 2.37. The van der Waals surface area contributed by atoms with Crippen LogP contribution in [0.25, 0.3) is 10.4 Å². The van der Waals surface area contributed by atoms with Crippen molar-refractivity contribution in [2.75, 3.05) is 25.0 Å². The quantitative estimate of drug-likeness (QED) is 0.610. The molecule has 2 N–H and O–H groups in total. The average Bonchev–Trinajstić information content (AvgIpc) is 3.47. The molecule has 0 radical (unpaired) electrons. The topological polar surface area (TPSA) is 81.6 Å². The SMILES string of the molecule is C[C@H]1CCCN1Cc1nc(C(=O)N2CC[C@@H](O)C2)sc1-c1cnc(NC(C)(C)C)cc1C(F)(F)F. The fourth-order valence-corrected chi connectivity index (χ4v) is 5.63. The summed E-state index contributed by atoms with van der Waals surface area (Å²) in [6.07, 6.45) is -1.47. The molecule has 0 aromatic carbocycles. The number of carbonyl (C=O) groups is 1. The number of pyridine rings is 1. The Morgan fingerprint density at radius 3 is 2.57 bits per heavy atom. The van der Waals surface area contributed by atoms with E-state index in [0.717, 1.165) is 36.8 Å². The van der Waals surface area contributed by atoms with Crippen LogP contribution in [-0.2, 0) is 12.7 Å². The van der Waals surface area contributed by atoms with Crippen LogP contribution in [0.4, 0.5) is 19.0 Å². The largest absolute Gasteiger partial charge is 0.417 e. The third-order valence-electron chi connectivity index (χ3n) is 6.33. The van der Waals surface area contributed by atoms with E-state index in [2.05, 4.69) is 27.1 Å². The van der Waals surface area contributed by atoms with Gasteiger partial charge in [-0.3, -0.25) is 9.69 Å². The first-order valence-corrected chi connectivity index (χ1v) is 12.7. The van der Waals surface area contributed by atoms with E-state index in [0.29, 0.717) is 30.1 Å². The lowest BCUT2D eigenvalue weighted by molar-refractivity contribution is -0.137. The Morgan fingerprint density at radius 2 is 2.00 bits per heavy atom. The first kappa shape index (κ1) is 25.8. The first-order chi connectivity index (χ1) is 16.3. The summed E-state index contributed by atoms with van der Waals surface area (Å²) in [6, 6.07) is 1.32. The monoisotopic (exact) mass is 511 g/mol. The number of anilines is 1. The van der Waals surface area contributed by atoms with Crippen LogP contribution in [-0.4, -0.2) is 68.1 Å². The fraction of sp³-hybridized carbons (Fsp3) is 0.625. The van der Waals surface area contributed by atoms with Gasteiger partial charge in [-0.15, -0.1) is 11.3 Å². The third-order valence-corrected chi connectivity index (χ3v) is 7.45. The van der Waals surface area contributed by atoms with Gasteiger partial charge >= 0.3 is 6.18 Å². The minimum atomic E-state index is -4.61. The Bertz CT molecular complexity index is 1080. The van der Waals surface area contributed by atoms with E-state index in [4.69, 9.17) is 0 Å². The maximum Gasteiger partial charge on any atom is 0.417 e. The molecule has 0 saturated carbocycles. The summed E-state index contributed by atoms with van der Waals surface area (Å²) in [7, 11) is 0. The van der Waals surface area contributed by atoms with Crippen LogP contribution in [0.3, 0.4) is 0 Å². The molecule has 2 aromatic rings. The number of hydrogen-bond donors (Lipinski definition) is 2. The molecule has 2 aromatic heterocycles. The van der Waals surface area contributed by atoms with Crippen LogP contribution in [0, 0.1) is 0 Å². The average molecular weight is 512 g/mol. The molecule has 0 bridgehead atoms. The summed E-state index contributed by atoms with van der Waals surface area (Å²) in [5.74, 6) is -0.226. The highest BCUT2D eigenvalue weighted by molar-refractivity contribution is 7.17. The van der Waals surface area contributed by atoms with Gasteiger partial charge in [0.15, 0.2) is 5.01 Å². The zero-order valence-corrected chi connectivity index (χ0v) is 21.3. The highest BCUT2D eigenvalue weighted by atomic mass is 32.1. The van der Waals surface area contributed by atoms with Crippen molar-refractivity contribution in [3.8, 4) is 10.4 Å². The normalized spacial score (nSPS) is 21.7. The van der Waals surface area contributed by atoms with Gasteiger partial charge in [0, 0.05) is 43.0 Å². The molecule has 7 nitrogen and oxygen atoms in total. The fourth-order valence-electron chi connectivity index (χ4n) is 4.57. The molecule has 2 saturated heterocycles. The van der Waals surface area contributed by atoms with Crippen molar-refractivity contribution in [1.82, 2.24) is 19.8 Å². The smallest absolute Gasteiger partial charge is 0.391 e. The summed E-state index contributed by atoms with van der Waals surface area (Å²) in [5, 5.41) is 13.0. The van der Waals surface area contributed by atoms with Gasteiger partial charge in [-0.05, 0) is 59.6 Å². The van der Waals surface area contributed by atoms with Crippen LogP contribution in [0.1, 0.15) is 68.0 Å². The molecule has 0 unspecified atom stereocenters. The Morgan fingerprint density at radius 1 is 1.26 bits per heavy atom. The molecule has 4 heterocycles. The summed E-state index contributed by atoms with van der Waals surface area (Å²) in [5.41, 5.74) is -0.888. The second-order valence-corrected chi connectivity index (χ2v) is 11.4. The number of likely N-dealkylation sites (tertiary alicyclic amines) is 2. The number of hydrogen-bond acceptors (Lipinski definition) is 7. The number of nitrogens with zero attached hydrogens (tertiary/aromatic N) is 4. The van der Waals surface area contributed by atoms with Crippen molar-refractivity contribution in [3.63, 3.8) is 0 Å². The van der Waals surface area contributed by atoms with Crippen LogP contribution < -0.4 is 5.32 Å². The Balaban J connectivity index is 1.78. The van der Waals surface area contributed by atoms with Gasteiger partial charge in [0.05, 0.1) is 22.2 Å². The number of halogens is 3. The van der Waals surface area contributed by atoms with E-state index in [-0.39, 0.29) is 34.9 Å². The van der Waals surface area contributed by atoms with Crippen LogP contribution >= 0.6 is 11.3 Å². The van der Waals surface area contributed by atoms with Crippen molar-refractivity contribution in [1.29, 1.82) is 0 Å². The van der Waals surface area contributed by atoms with Gasteiger partial charge in [0.1, 0.15) is 5.82 Å². The van der Waals surface area contributed by atoms with Crippen LogP contribution in [0.5, 0.6) is 0 Å². The second kappa shape index (κ2) is 9.67. The molecule has 2 aliphatic rings. The predicted octanol–water partition coefficient (Wildman–Crippen LogP) is 4.63. The van der Waals surface area contributed by atoms with Crippen molar-refractivity contribution in [2.45, 2.75) is 77.4 Å². The minimum absolute atomic E-state index is 0.0724. The van der Waals surface area contributed by atoms with E-state index >= 15 is 0 Å². The maximum atomic E-state index is 14.2. The molecule has 2 aliphatic heterocycles. The molecule has 0 aliphatic carbocycles. The highest BCUT2D eigenvalue weighted by Crippen LogP contribution is 2.42. The lowest BCUT2D eigenvalue weighted by Gasteiger charge is -2.23. The first-order valence-electron chi connectivity index (χ1n) is 11.9. The van der Waals surface area contributed by atoms with E-state index in [1.165, 1.54) is 11.1 Å². The standard InChI is InChI=1S/C24H32F3N5O2S/c1-14-6-5-8-31(14)13-18-20(35-21(29-18)22(34)32-9-7-15(33)12-32)16-11-28-19(30-23(2,3)4)10-17(16)24(25,26)27/h10-11,14-15,33H,5-9,12-13H2,1-4H3,(H,28,30)/t14-,15+/m0/s1. The van der Waals surface area contributed by atoms with Gasteiger partial charge in [-0.1, -0.05) is 0 Å². The number of amides is 1. The molecule has 11 heteroatoms. The van der Waals surface area contributed by atoms with Gasteiger partial charge in [0.2, 0.25) is 0 Å². The molecular weight excluding hydrogens is 479 g/mol. The molecule has 4 rings (SSSR count). The van der Waals surface area contributed by atoms with E-state index < -0.39 is 23.4 Å². The van der Waals surface area contributed by atoms with E-state index in [9.17, 15) is 23.1 Å². The molecule has 2 atom stereocenters. The summed E-state index contributed by atoms with van der Waals surface area (Å²) in [6.45, 7) is 9.43. The number of rotatable bonds is 5. The third kappa shape index (κ3) is 5.95. The Labute approximate surface area is 207 Å². The second-order valence-electron chi connectivity index (χ2n) is 10.4.